The van der Waals surface area contributed by atoms with Crippen molar-refractivity contribution in [1.82, 2.24) is 15.1 Å². The number of piperidine rings is 1. The monoisotopic (exact) mass is 372 g/mol. The van der Waals surface area contributed by atoms with Crippen molar-refractivity contribution in [3.63, 3.8) is 0 Å². The van der Waals surface area contributed by atoms with E-state index in [1.807, 2.05) is 31.2 Å². The number of likely N-dealkylation sites (tertiary alicyclic amines) is 1. The van der Waals surface area contributed by atoms with Crippen molar-refractivity contribution in [2.24, 2.45) is 5.73 Å². The number of hydrogen-bond donors (Lipinski definition) is 1. The number of rotatable bonds is 3. The standard InChI is InChI=1S/C19H21ClN4O2/c1-12-2-4-14(23-22-12)11-24-8-6-19(7-9-24)16-10-13(20)3-5-15(16)17(26-19)18(21)25/h2-5,10,17H,6-9,11H2,1H3,(H2,21,25). The van der Waals surface area contributed by atoms with Gasteiger partial charge in [-0.1, -0.05) is 17.7 Å². The van der Waals surface area contributed by atoms with Crippen molar-refractivity contribution >= 4 is 17.5 Å². The number of aromatic nitrogens is 2. The first kappa shape index (κ1) is 17.4. The first-order chi connectivity index (χ1) is 12.5. The molecule has 1 saturated heterocycles. The molecule has 26 heavy (non-hydrogen) atoms. The highest BCUT2D eigenvalue weighted by atomic mass is 35.5. The van der Waals surface area contributed by atoms with Crippen LogP contribution >= 0.6 is 11.6 Å². The largest absolute Gasteiger partial charge is 0.367 e. The fourth-order valence-electron chi connectivity index (χ4n) is 3.92. The number of nitrogens with zero attached hydrogens (tertiary/aromatic N) is 3. The van der Waals surface area contributed by atoms with Crippen LogP contribution in [0.5, 0.6) is 0 Å². The first-order valence-corrected chi connectivity index (χ1v) is 9.13. The summed E-state index contributed by atoms with van der Waals surface area (Å²) in [4.78, 5) is 14.2. The molecule has 1 fully saturated rings. The number of hydrogen-bond acceptors (Lipinski definition) is 5. The number of carbonyl (C=O) groups is 1. The second kappa shape index (κ2) is 6.61. The van der Waals surface area contributed by atoms with Crippen molar-refractivity contribution < 1.29 is 9.53 Å². The summed E-state index contributed by atoms with van der Waals surface area (Å²) in [7, 11) is 0. The molecule has 0 saturated carbocycles. The van der Waals surface area contributed by atoms with E-state index >= 15 is 0 Å². The van der Waals surface area contributed by atoms with E-state index in [2.05, 4.69) is 15.1 Å². The van der Waals surface area contributed by atoms with E-state index in [0.29, 0.717) is 5.02 Å². The molecule has 2 aromatic rings. The van der Waals surface area contributed by atoms with Crippen molar-refractivity contribution in [1.29, 1.82) is 0 Å². The number of fused-ring (bicyclic) bond motifs is 2. The van der Waals surface area contributed by atoms with Gasteiger partial charge in [0, 0.05) is 24.7 Å². The maximum Gasteiger partial charge on any atom is 0.251 e. The lowest BCUT2D eigenvalue weighted by Crippen LogP contribution is -2.42. The molecule has 1 aromatic heterocycles. The molecule has 2 N–H and O–H groups in total. The quantitative estimate of drug-likeness (QED) is 0.895. The molecule has 1 aromatic carbocycles. The van der Waals surface area contributed by atoms with Crippen LogP contribution < -0.4 is 5.73 Å². The first-order valence-electron chi connectivity index (χ1n) is 8.75. The minimum atomic E-state index is -0.697. The molecule has 1 atom stereocenters. The van der Waals surface area contributed by atoms with E-state index in [4.69, 9.17) is 22.1 Å². The summed E-state index contributed by atoms with van der Waals surface area (Å²) in [5, 5.41) is 9.01. The van der Waals surface area contributed by atoms with Crippen LogP contribution in [0.2, 0.25) is 5.02 Å². The van der Waals surface area contributed by atoms with Crippen LogP contribution in [0.15, 0.2) is 30.3 Å². The number of benzene rings is 1. The van der Waals surface area contributed by atoms with Crippen molar-refractivity contribution in [3.05, 3.63) is 57.9 Å². The molecule has 2 aliphatic rings. The maximum absolute atomic E-state index is 11.8. The second-order valence-corrected chi connectivity index (χ2v) is 7.50. The Morgan fingerprint density at radius 3 is 2.73 bits per heavy atom. The molecule has 0 radical (unpaired) electrons. The number of ether oxygens (including phenoxy) is 1. The zero-order valence-electron chi connectivity index (χ0n) is 14.6. The summed E-state index contributed by atoms with van der Waals surface area (Å²) in [6, 6.07) is 9.54. The van der Waals surface area contributed by atoms with Gasteiger partial charge in [0.1, 0.15) is 0 Å². The summed E-state index contributed by atoms with van der Waals surface area (Å²) < 4.78 is 6.20. The molecule has 0 bridgehead atoms. The summed E-state index contributed by atoms with van der Waals surface area (Å²) in [6.07, 6.45) is 0.865. The highest BCUT2D eigenvalue weighted by Gasteiger charge is 2.48. The van der Waals surface area contributed by atoms with Crippen LogP contribution in [0.3, 0.4) is 0 Å². The van der Waals surface area contributed by atoms with E-state index in [1.165, 1.54) is 0 Å². The number of amides is 1. The molecule has 2 aliphatic heterocycles. The zero-order valence-corrected chi connectivity index (χ0v) is 15.4. The molecule has 7 heteroatoms. The lowest BCUT2D eigenvalue weighted by molar-refractivity contribution is -0.148. The van der Waals surface area contributed by atoms with E-state index in [0.717, 1.165) is 55.0 Å². The molecule has 3 heterocycles. The predicted octanol–water partition coefficient (Wildman–Crippen LogP) is 2.49. The molecular weight excluding hydrogens is 352 g/mol. The van der Waals surface area contributed by atoms with Gasteiger partial charge in [0.2, 0.25) is 0 Å². The van der Waals surface area contributed by atoms with Crippen LogP contribution in [0, 0.1) is 6.92 Å². The Hall–Kier alpha value is -2.02. The summed E-state index contributed by atoms with van der Waals surface area (Å²) >= 11 is 6.20. The summed E-state index contributed by atoms with van der Waals surface area (Å²) in [5.74, 6) is -0.456. The Kier molecular flexibility index (Phi) is 4.42. The number of nitrogens with two attached hydrogens (primary N) is 1. The maximum atomic E-state index is 11.8. The Balaban J connectivity index is 1.52. The molecule has 6 nitrogen and oxygen atoms in total. The third kappa shape index (κ3) is 3.09. The van der Waals surface area contributed by atoms with Gasteiger partial charge in [0.15, 0.2) is 6.10 Å². The van der Waals surface area contributed by atoms with Crippen molar-refractivity contribution in [2.75, 3.05) is 13.1 Å². The van der Waals surface area contributed by atoms with E-state index in [9.17, 15) is 4.79 Å². The van der Waals surface area contributed by atoms with Gasteiger partial charge in [-0.3, -0.25) is 9.69 Å². The third-order valence-corrected chi connectivity index (χ3v) is 5.53. The highest BCUT2D eigenvalue weighted by Crippen LogP contribution is 2.50. The lowest BCUT2D eigenvalue weighted by Gasteiger charge is -2.39. The third-order valence-electron chi connectivity index (χ3n) is 5.29. The van der Waals surface area contributed by atoms with Crippen LogP contribution in [-0.4, -0.2) is 34.1 Å². The topological polar surface area (TPSA) is 81.3 Å². The molecule has 1 unspecified atom stereocenters. The van der Waals surface area contributed by atoms with Gasteiger partial charge in [-0.25, -0.2) is 0 Å². The van der Waals surface area contributed by atoms with Crippen molar-refractivity contribution in [3.8, 4) is 0 Å². The fraction of sp³-hybridized carbons (Fsp3) is 0.421. The summed E-state index contributed by atoms with van der Waals surface area (Å²) in [6.45, 7) is 4.36. The minimum absolute atomic E-state index is 0.456. The zero-order chi connectivity index (χ0) is 18.3. The van der Waals surface area contributed by atoms with Gasteiger partial charge in [-0.2, -0.15) is 10.2 Å². The van der Waals surface area contributed by atoms with E-state index in [1.54, 1.807) is 6.07 Å². The molecule has 4 rings (SSSR count). The Bertz CT molecular complexity index is 832. The Labute approximate surface area is 157 Å². The van der Waals surface area contributed by atoms with E-state index in [-0.39, 0.29) is 0 Å². The van der Waals surface area contributed by atoms with Crippen LogP contribution in [0.4, 0.5) is 0 Å². The SMILES string of the molecule is Cc1ccc(CN2CCC3(CC2)OC(C(N)=O)c2ccc(Cl)cc23)nn1. The van der Waals surface area contributed by atoms with Gasteiger partial charge in [0.25, 0.3) is 5.91 Å². The second-order valence-electron chi connectivity index (χ2n) is 7.07. The highest BCUT2D eigenvalue weighted by molar-refractivity contribution is 6.30. The average Bonchev–Trinajstić information content (AvgIpc) is 2.93. The smallest absolute Gasteiger partial charge is 0.251 e. The van der Waals surface area contributed by atoms with Gasteiger partial charge in [-0.05, 0) is 55.2 Å². The lowest BCUT2D eigenvalue weighted by atomic mass is 9.83. The Morgan fingerprint density at radius 2 is 2.08 bits per heavy atom. The average molecular weight is 373 g/mol. The van der Waals surface area contributed by atoms with Crippen LogP contribution in [-0.2, 0) is 21.7 Å². The number of halogens is 1. The minimum Gasteiger partial charge on any atom is -0.367 e. The predicted molar refractivity (Wildman–Crippen MR) is 97.4 cm³/mol. The number of primary amides is 1. The number of aryl methyl sites for hydroxylation is 1. The molecule has 136 valence electrons. The Morgan fingerprint density at radius 1 is 1.31 bits per heavy atom. The molecule has 1 spiro atoms. The van der Waals surface area contributed by atoms with Crippen LogP contribution in [0.1, 0.15) is 41.5 Å². The van der Waals surface area contributed by atoms with Gasteiger partial charge >= 0.3 is 0 Å². The van der Waals surface area contributed by atoms with Crippen LogP contribution in [0.25, 0.3) is 0 Å². The van der Waals surface area contributed by atoms with E-state index < -0.39 is 17.6 Å². The van der Waals surface area contributed by atoms with Gasteiger partial charge in [0.05, 0.1) is 17.0 Å². The van der Waals surface area contributed by atoms with Gasteiger partial charge < -0.3 is 10.5 Å². The molecule has 0 aliphatic carbocycles. The molecule has 1 amide bonds. The number of carbonyl (C=O) groups excluding carboxylic acids is 1. The molecular formula is C19H21ClN4O2. The normalized spacial score (nSPS) is 21.7. The summed E-state index contributed by atoms with van der Waals surface area (Å²) in [5.41, 5.74) is 8.79. The fourth-order valence-corrected chi connectivity index (χ4v) is 4.09. The van der Waals surface area contributed by atoms with Crippen molar-refractivity contribution in [2.45, 2.75) is 38.0 Å². The van der Waals surface area contributed by atoms with Gasteiger partial charge in [-0.15, -0.1) is 0 Å².